The minimum atomic E-state index is 0.702. The van der Waals surface area contributed by atoms with E-state index in [1.165, 1.54) is 4.88 Å². The maximum Gasteiger partial charge on any atom is 0.151 e. The zero-order chi connectivity index (χ0) is 12.3. The van der Waals surface area contributed by atoms with Gasteiger partial charge in [-0.3, -0.25) is 0 Å². The summed E-state index contributed by atoms with van der Waals surface area (Å²) in [6.07, 6.45) is 2.79. The molecule has 0 aromatic carbocycles. The first-order valence-electron chi connectivity index (χ1n) is 5.31. The number of hydrogen-bond acceptors (Lipinski definition) is 4. The molecule has 0 amide bonds. The molecule has 0 saturated carbocycles. The fraction of sp³-hybridized carbons (Fsp3) is 0.250. The lowest BCUT2D eigenvalue weighted by Gasteiger charge is -2.19. The largest absolute Gasteiger partial charge is 0.396 e. The Morgan fingerprint density at radius 3 is 3.00 bits per heavy atom. The van der Waals surface area contributed by atoms with Crippen molar-refractivity contribution in [2.45, 2.75) is 6.42 Å². The second-order valence-electron chi connectivity index (χ2n) is 3.82. The maximum absolute atomic E-state index is 5.94. The van der Waals surface area contributed by atoms with E-state index in [0.717, 1.165) is 23.3 Å². The Labute approximate surface area is 113 Å². The van der Waals surface area contributed by atoms with Gasteiger partial charge in [0.1, 0.15) is 0 Å². The Morgan fingerprint density at radius 2 is 2.35 bits per heavy atom. The number of pyridine rings is 1. The number of thiophene rings is 1. The lowest BCUT2D eigenvalue weighted by atomic mass is 10.3. The summed E-state index contributed by atoms with van der Waals surface area (Å²) in [7, 11) is 2.01. The average molecular weight is 312 g/mol. The van der Waals surface area contributed by atoms with E-state index in [1.807, 2.05) is 13.1 Å². The van der Waals surface area contributed by atoms with Gasteiger partial charge >= 0.3 is 0 Å². The lowest BCUT2D eigenvalue weighted by Crippen LogP contribution is -2.22. The highest BCUT2D eigenvalue weighted by Gasteiger charge is 2.07. The summed E-state index contributed by atoms with van der Waals surface area (Å²) in [5, 5.41) is 2.10. The smallest absolute Gasteiger partial charge is 0.151 e. The summed E-state index contributed by atoms with van der Waals surface area (Å²) in [6, 6.07) is 6.10. The van der Waals surface area contributed by atoms with Crippen LogP contribution < -0.4 is 10.6 Å². The molecule has 2 aromatic rings. The van der Waals surface area contributed by atoms with E-state index in [9.17, 15) is 0 Å². The molecule has 17 heavy (non-hydrogen) atoms. The summed E-state index contributed by atoms with van der Waals surface area (Å²) in [4.78, 5) is 7.80. The molecule has 0 saturated heterocycles. The molecule has 0 aliphatic heterocycles. The molecule has 2 N–H and O–H groups in total. The standard InChI is InChI=1S/C12H14BrN3S/c1-16(5-4-10-3-2-6-17-10)12-11(14)7-9(13)8-15-12/h2-3,6-8H,4-5,14H2,1H3. The number of halogens is 1. The normalized spacial score (nSPS) is 10.5. The van der Waals surface area contributed by atoms with Crippen LogP contribution in [0.15, 0.2) is 34.2 Å². The van der Waals surface area contributed by atoms with Crippen LogP contribution in [0.25, 0.3) is 0 Å². The average Bonchev–Trinajstić information content (AvgIpc) is 2.78. The second-order valence-corrected chi connectivity index (χ2v) is 5.77. The molecule has 0 atom stereocenters. The minimum Gasteiger partial charge on any atom is -0.396 e. The molecular formula is C12H14BrN3S. The van der Waals surface area contributed by atoms with Crippen molar-refractivity contribution in [3.05, 3.63) is 39.1 Å². The second kappa shape index (κ2) is 5.51. The Kier molecular flexibility index (Phi) is 4.02. The van der Waals surface area contributed by atoms with Gasteiger partial charge < -0.3 is 10.6 Å². The predicted molar refractivity (Wildman–Crippen MR) is 77.6 cm³/mol. The van der Waals surface area contributed by atoms with Gasteiger partial charge in [-0.2, -0.15) is 0 Å². The van der Waals surface area contributed by atoms with Gasteiger partial charge in [0.05, 0.1) is 5.69 Å². The number of nitrogens with two attached hydrogens (primary N) is 1. The van der Waals surface area contributed by atoms with Gasteiger partial charge in [-0.1, -0.05) is 6.07 Å². The van der Waals surface area contributed by atoms with Crippen LogP contribution in [0, 0.1) is 0 Å². The molecule has 2 heterocycles. The molecule has 3 nitrogen and oxygen atoms in total. The number of hydrogen-bond donors (Lipinski definition) is 1. The topological polar surface area (TPSA) is 42.2 Å². The Hall–Kier alpha value is -1.07. The Morgan fingerprint density at radius 1 is 1.53 bits per heavy atom. The Balaban J connectivity index is 2.01. The number of nitrogen functional groups attached to an aromatic ring is 1. The highest BCUT2D eigenvalue weighted by molar-refractivity contribution is 9.10. The van der Waals surface area contributed by atoms with Crippen molar-refractivity contribution >= 4 is 38.8 Å². The minimum absolute atomic E-state index is 0.702. The molecule has 0 spiro atoms. The van der Waals surface area contributed by atoms with Gasteiger partial charge in [-0.25, -0.2) is 4.98 Å². The third kappa shape index (κ3) is 3.20. The molecule has 5 heteroatoms. The van der Waals surface area contributed by atoms with Gasteiger partial charge in [0.15, 0.2) is 5.82 Å². The highest BCUT2D eigenvalue weighted by atomic mass is 79.9. The van der Waals surface area contributed by atoms with E-state index >= 15 is 0 Å². The molecule has 0 aliphatic carbocycles. The van der Waals surface area contributed by atoms with E-state index in [0.29, 0.717) is 5.69 Å². The molecule has 0 bridgehead atoms. The van der Waals surface area contributed by atoms with Crippen LogP contribution in [0.2, 0.25) is 0 Å². The van der Waals surface area contributed by atoms with Gasteiger partial charge in [0.25, 0.3) is 0 Å². The first kappa shape index (κ1) is 12.4. The van der Waals surface area contributed by atoms with E-state index in [1.54, 1.807) is 17.5 Å². The summed E-state index contributed by atoms with van der Waals surface area (Å²) >= 11 is 5.14. The Bertz CT molecular complexity index is 485. The van der Waals surface area contributed by atoms with E-state index < -0.39 is 0 Å². The maximum atomic E-state index is 5.94. The molecule has 2 rings (SSSR count). The highest BCUT2D eigenvalue weighted by Crippen LogP contribution is 2.23. The number of aromatic nitrogens is 1. The first-order chi connectivity index (χ1) is 8.16. The van der Waals surface area contributed by atoms with E-state index in [4.69, 9.17) is 5.73 Å². The van der Waals surface area contributed by atoms with Crippen molar-refractivity contribution in [1.29, 1.82) is 0 Å². The molecule has 0 radical (unpaired) electrons. The van der Waals surface area contributed by atoms with Crippen molar-refractivity contribution in [2.24, 2.45) is 0 Å². The predicted octanol–water partition coefficient (Wildman–Crippen LogP) is 3.17. The molecule has 0 aliphatic rings. The molecule has 0 unspecified atom stereocenters. The van der Waals surface area contributed by atoms with E-state index in [2.05, 4.69) is 43.3 Å². The zero-order valence-electron chi connectivity index (χ0n) is 9.56. The van der Waals surface area contributed by atoms with Gasteiger partial charge in [0.2, 0.25) is 0 Å². The monoisotopic (exact) mass is 311 g/mol. The molecule has 2 aromatic heterocycles. The summed E-state index contributed by atoms with van der Waals surface area (Å²) in [6.45, 7) is 0.916. The van der Waals surface area contributed by atoms with Crippen molar-refractivity contribution in [3.63, 3.8) is 0 Å². The lowest BCUT2D eigenvalue weighted by molar-refractivity contribution is 0.870. The van der Waals surface area contributed by atoms with Crippen LogP contribution in [0.4, 0.5) is 11.5 Å². The van der Waals surface area contributed by atoms with Crippen LogP contribution in [-0.2, 0) is 6.42 Å². The van der Waals surface area contributed by atoms with Gasteiger partial charge in [-0.15, -0.1) is 11.3 Å². The molecule has 90 valence electrons. The fourth-order valence-electron chi connectivity index (χ4n) is 1.61. The third-order valence-electron chi connectivity index (χ3n) is 2.50. The first-order valence-corrected chi connectivity index (χ1v) is 6.98. The fourth-order valence-corrected chi connectivity index (χ4v) is 2.65. The molecular weight excluding hydrogens is 298 g/mol. The van der Waals surface area contributed by atoms with Crippen molar-refractivity contribution in [1.82, 2.24) is 4.98 Å². The number of anilines is 2. The van der Waals surface area contributed by atoms with Crippen LogP contribution in [0.5, 0.6) is 0 Å². The van der Waals surface area contributed by atoms with Crippen molar-refractivity contribution in [2.75, 3.05) is 24.2 Å². The molecule has 0 fully saturated rings. The number of nitrogens with zero attached hydrogens (tertiary/aromatic N) is 2. The SMILES string of the molecule is CN(CCc1cccs1)c1ncc(Br)cc1N. The van der Waals surface area contributed by atoms with Crippen molar-refractivity contribution in [3.8, 4) is 0 Å². The van der Waals surface area contributed by atoms with E-state index in [-0.39, 0.29) is 0 Å². The van der Waals surface area contributed by atoms with Gasteiger partial charge in [0, 0.05) is 29.1 Å². The van der Waals surface area contributed by atoms with Crippen molar-refractivity contribution < 1.29 is 0 Å². The summed E-state index contributed by atoms with van der Waals surface area (Å²) in [5.74, 6) is 0.838. The third-order valence-corrected chi connectivity index (χ3v) is 3.87. The summed E-state index contributed by atoms with van der Waals surface area (Å²) < 4.78 is 0.908. The van der Waals surface area contributed by atoms with Crippen LogP contribution in [0.3, 0.4) is 0 Å². The quantitative estimate of drug-likeness (QED) is 0.943. The number of rotatable bonds is 4. The van der Waals surface area contributed by atoms with Crippen LogP contribution in [-0.4, -0.2) is 18.6 Å². The number of likely N-dealkylation sites (N-methyl/N-ethyl adjacent to an activating group) is 1. The van der Waals surface area contributed by atoms with Crippen LogP contribution >= 0.6 is 27.3 Å². The zero-order valence-corrected chi connectivity index (χ0v) is 12.0. The van der Waals surface area contributed by atoms with Gasteiger partial charge in [-0.05, 0) is 39.9 Å². The van der Waals surface area contributed by atoms with Crippen LogP contribution in [0.1, 0.15) is 4.88 Å². The summed E-state index contributed by atoms with van der Waals surface area (Å²) in [5.41, 5.74) is 6.64.